The summed E-state index contributed by atoms with van der Waals surface area (Å²) >= 11 is 0. The molecule has 2 aromatic rings. The maximum atomic E-state index is 13.6. The molecule has 21 heavy (non-hydrogen) atoms. The van der Waals surface area contributed by atoms with Crippen molar-refractivity contribution in [2.24, 2.45) is 0 Å². The average molecular weight is 288 g/mol. The van der Waals surface area contributed by atoms with Gasteiger partial charge in [0.1, 0.15) is 0 Å². The van der Waals surface area contributed by atoms with Crippen LogP contribution in [0.15, 0.2) is 42.5 Å². The molecule has 0 aliphatic rings. The average Bonchev–Trinajstić information content (AvgIpc) is 2.53. The molecule has 0 amide bonds. The van der Waals surface area contributed by atoms with Crippen molar-refractivity contribution in [2.75, 3.05) is 14.2 Å². The van der Waals surface area contributed by atoms with Crippen LogP contribution in [0, 0.1) is 5.82 Å². The lowest BCUT2D eigenvalue weighted by Crippen LogP contribution is -2.05. The highest BCUT2D eigenvalue weighted by atomic mass is 19.1. The number of methoxy groups -OCH3 is 2. The summed E-state index contributed by atoms with van der Waals surface area (Å²) in [5.41, 5.74) is 0.904. The summed E-state index contributed by atoms with van der Waals surface area (Å²) in [6.45, 7) is 0. The van der Waals surface area contributed by atoms with Gasteiger partial charge in [-0.3, -0.25) is 4.79 Å². The molecule has 0 radical (unpaired) electrons. The summed E-state index contributed by atoms with van der Waals surface area (Å²) in [4.78, 5) is 23.5. The molecule has 4 nitrogen and oxygen atoms in total. The number of hydrogen-bond acceptors (Lipinski definition) is 4. The maximum Gasteiger partial charge on any atom is 0.337 e. The van der Waals surface area contributed by atoms with E-state index in [2.05, 4.69) is 4.74 Å². The van der Waals surface area contributed by atoms with Crippen LogP contribution in [0.25, 0.3) is 0 Å². The lowest BCUT2D eigenvalue weighted by molar-refractivity contribution is 0.0600. The Balaban J connectivity index is 2.27. The number of ketones is 1. The molecular formula is C16H13FO4. The summed E-state index contributed by atoms with van der Waals surface area (Å²) in [6.07, 6.45) is 0. The normalized spacial score (nSPS) is 10.0. The van der Waals surface area contributed by atoms with Gasteiger partial charge in [-0.1, -0.05) is 12.1 Å². The molecule has 0 atom stereocenters. The Bertz CT molecular complexity index is 677. The van der Waals surface area contributed by atoms with E-state index in [-0.39, 0.29) is 17.1 Å². The van der Waals surface area contributed by atoms with Crippen molar-refractivity contribution in [3.63, 3.8) is 0 Å². The van der Waals surface area contributed by atoms with Crippen molar-refractivity contribution < 1.29 is 23.5 Å². The lowest BCUT2D eigenvalue weighted by Gasteiger charge is -2.05. The molecule has 108 valence electrons. The Kier molecular flexibility index (Phi) is 4.33. The Morgan fingerprint density at radius 2 is 1.48 bits per heavy atom. The first kappa shape index (κ1) is 14.7. The zero-order valence-corrected chi connectivity index (χ0v) is 11.6. The van der Waals surface area contributed by atoms with Crippen LogP contribution < -0.4 is 4.74 Å². The molecule has 5 heteroatoms. The molecule has 0 bridgehead atoms. The number of rotatable bonds is 4. The highest BCUT2D eigenvalue weighted by molar-refractivity contribution is 6.09. The fraction of sp³-hybridized carbons (Fsp3) is 0.125. The Labute approximate surface area is 121 Å². The largest absolute Gasteiger partial charge is 0.494 e. The fourth-order valence-electron chi connectivity index (χ4n) is 1.85. The van der Waals surface area contributed by atoms with Crippen molar-refractivity contribution in [3.05, 3.63) is 65.0 Å². The van der Waals surface area contributed by atoms with Crippen LogP contribution in [-0.4, -0.2) is 26.0 Å². The molecule has 0 heterocycles. The third kappa shape index (κ3) is 3.08. The highest BCUT2D eigenvalue weighted by Crippen LogP contribution is 2.20. The summed E-state index contributed by atoms with van der Waals surface area (Å²) < 4.78 is 23.0. The first-order valence-electron chi connectivity index (χ1n) is 6.13. The topological polar surface area (TPSA) is 52.6 Å². The Morgan fingerprint density at radius 3 is 2.00 bits per heavy atom. The molecular weight excluding hydrogens is 275 g/mol. The van der Waals surface area contributed by atoms with E-state index >= 15 is 0 Å². The van der Waals surface area contributed by atoms with Gasteiger partial charge in [-0.05, 0) is 30.3 Å². The van der Waals surface area contributed by atoms with Crippen LogP contribution in [0.4, 0.5) is 4.39 Å². The molecule has 0 saturated carbocycles. The van der Waals surface area contributed by atoms with Crippen LogP contribution in [0.2, 0.25) is 0 Å². The fourth-order valence-corrected chi connectivity index (χ4v) is 1.85. The van der Waals surface area contributed by atoms with E-state index in [0.717, 1.165) is 6.07 Å². The van der Waals surface area contributed by atoms with Gasteiger partial charge in [0, 0.05) is 11.1 Å². The van der Waals surface area contributed by atoms with E-state index in [1.54, 1.807) is 0 Å². The van der Waals surface area contributed by atoms with Gasteiger partial charge in [0.2, 0.25) is 0 Å². The summed E-state index contributed by atoms with van der Waals surface area (Å²) in [6, 6.07) is 9.96. The molecule has 0 aromatic heterocycles. The second kappa shape index (κ2) is 6.17. The molecule has 2 aromatic carbocycles. The summed E-state index contributed by atoms with van der Waals surface area (Å²) in [5.74, 6) is -1.35. The van der Waals surface area contributed by atoms with Crippen molar-refractivity contribution in [2.45, 2.75) is 0 Å². The summed E-state index contributed by atoms with van der Waals surface area (Å²) in [7, 11) is 2.63. The van der Waals surface area contributed by atoms with E-state index in [4.69, 9.17) is 4.74 Å². The quantitative estimate of drug-likeness (QED) is 0.641. The minimum Gasteiger partial charge on any atom is -0.494 e. The number of carbonyl (C=O) groups is 2. The summed E-state index contributed by atoms with van der Waals surface area (Å²) in [5, 5.41) is 0. The van der Waals surface area contributed by atoms with Crippen molar-refractivity contribution in [1.29, 1.82) is 0 Å². The van der Waals surface area contributed by atoms with Gasteiger partial charge in [-0.2, -0.15) is 0 Å². The van der Waals surface area contributed by atoms with Gasteiger partial charge >= 0.3 is 5.97 Å². The van der Waals surface area contributed by atoms with Gasteiger partial charge in [-0.25, -0.2) is 9.18 Å². The van der Waals surface area contributed by atoms with Gasteiger partial charge < -0.3 is 9.47 Å². The lowest BCUT2D eigenvalue weighted by atomic mass is 10.0. The minimum absolute atomic E-state index is 0.0765. The van der Waals surface area contributed by atoms with Gasteiger partial charge in [0.25, 0.3) is 0 Å². The Morgan fingerprint density at radius 1 is 0.905 bits per heavy atom. The van der Waals surface area contributed by atoms with Crippen molar-refractivity contribution in [1.82, 2.24) is 0 Å². The second-order valence-corrected chi connectivity index (χ2v) is 4.25. The van der Waals surface area contributed by atoms with Gasteiger partial charge in [0.15, 0.2) is 17.3 Å². The predicted molar refractivity (Wildman–Crippen MR) is 74.2 cm³/mol. The third-order valence-electron chi connectivity index (χ3n) is 2.98. The van der Waals surface area contributed by atoms with Crippen LogP contribution in [0.5, 0.6) is 5.75 Å². The number of halogens is 1. The van der Waals surface area contributed by atoms with Crippen LogP contribution in [0.1, 0.15) is 26.3 Å². The van der Waals surface area contributed by atoms with Gasteiger partial charge in [-0.15, -0.1) is 0 Å². The SMILES string of the molecule is COC(=O)c1ccc(C(=O)c2ccc(OC)c(F)c2)cc1. The molecule has 0 saturated heterocycles. The van der Waals surface area contributed by atoms with Crippen LogP contribution in [-0.2, 0) is 4.74 Å². The molecule has 0 N–H and O–H groups in total. The number of hydrogen-bond donors (Lipinski definition) is 0. The van der Waals surface area contributed by atoms with Crippen molar-refractivity contribution >= 4 is 11.8 Å². The molecule has 0 aliphatic carbocycles. The first-order chi connectivity index (χ1) is 10.1. The maximum absolute atomic E-state index is 13.6. The highest BCUT2D eigenvalue weighted by Gasteiger charge is 2.13. The monoisotopic (exact) mass is 288 g/mol. The number of ether oxygens (including phenoxy) is 2. The Hall–Kier alpha value is -2.69. The minimum atomic E-state index is -0.602. The third-order valence-corrected chi connectivity index (χ3v) is 2.98. The first-order valence-corrected chi connectivity index (χ1v) is 6.13. The predicted octanol–water partition coefficient (Wildman–Crippen LogP) is 2.85. The van der Waals surface area contributed by atoms with E-state index in [1.165, 1.54) is 50.6 Å². The molecule has 0 fully saturated rings. The van der Waals surface area contributed by atoms with Crippen LogP contribution >= 0.6 is 0 Å². The zero-order chi connectivity index (χ0) is 15.4. The molecule has 0 unspecified atom stereocenters. The van der Waals surface area contributed by atoms with E-state index in [9.17, 15) is 14.0 Å². The smallest absolute Gasteiger partial charge is 0.337 e. The van der Waals surface area contributed by atoms with E-state index in [0.29, 0.717) is 11.1 Å². The van der Waals surface area contributed by atoms with Gasteiger partial charge in [0.05, 0.1) is 19.8 Å². The number of esters is 1. The molecule has 2 rings (SSSR count). The molecule has 0 spiro atoms. The van der Waals surface area contributed by atoms with Crippen LogP contribution in [0.3, 0.4) is 0 Å². The zero-order valence-electron chi connectivity index (χ0n) is 11.6. The standard InChI is InChI=1S/C16H13FO4/c1-20-14-8-7-12(9-13(14)17)15(18)10-3-5-11(6-4-10)16(19)21-2/h3-9H,1-2H3. The van der Waals surface area contributed by atoms with E-state index < -0.39 is 11.8 Å². The van der Waals surface area contributed by atoms with E-state index in [1.807, 2.05) is 0 Å². The number of carbonyl (C=O) groups excluding carboxylic acids is 2. The number of benzene rings is 2. The second-order valence-electron chi connectivity index (χ2n) is 4.25. The molecule has 0 aliphatic heterocycles. The van der Waals surface area contributed by atoms with Crippen molar-refractivity contribution in [3.8, 4) is 5.75 Å².